The third kappa shape index (κ3) is 3.70. The molecule has 3 aromatic rings. The largest absolute Gasteiger partial charge is 0.330 e. The molecule has 154 valence electrons. The monoisotopic (exact) mass is 415 g/mol. The molecule has 0 aliphatic carbocycles. The van der Waals surface area contributed by atoms with Gasteiger partial charge in [-0.2, -0.15) is 5.10 Å². The van der Waals surface area contributed by atoms with Crippen LogP contribution in [-0.4, -0.2) is 45.8 Å². The molecule has 0 atom stereocenters. The number of amides is 1. The molecule has 1 aliphatic rings. The van der Waals surface area contributed by atoms with Gasteiger partial charge in [-0.1, -0.05) is 24.3 Å². The Morgan fingerprint density at radius 1 is 1.13 bits per heavy atom. The molecule has 30 heavy (non-hydrogen) atoms. The number of carbonyl (C=O) groups is 2. The molecule has 1 fully saturated rings. The lowest BCUT2D eigenvalue weighted by Crippen LogP contribution is -2.36. The predicted molar refractivity (Wildman–Crippen MR) is 102 cm³/mol. The summed E-state index contributed by atoms with van der Waals surface area (Å²) in [4.78, 5) is 37.4. The van der Waals surface area contributed by atoms with Crippen LogP contribution in [0.1, 0.15) is 28.0 Å². The van der Waals surface area contributed by atoms with Crippen molar-refractivity contribution < 1.29 is 22.8 Å². The van der Waals surface area contributed by atoms with Crippen molar-refractivity contribution in [3.05, 3.63) is 75.5 Å². The van der Waals surface area contributed by atoms with E-state index in [9.17, 15) is 27.6 Å². The number of rotatable bonds is 4. The third-order valence-electron chi connectivity index (χ3n) is 5.07. The van der Waals surface area contributed by atoms with Crippen molar-refractivity contribution in [2.24, 2.45) is 0 Å². The molecule has 2 aromatic carbocycles. The number of aromatic nitrogens is 2. The maximum Gasteiger partial charge on any atom is 0.295 e. The van der Waals surface area contributed by atoms with E-state index in [-0.39, 0.29) is 18.5 Å². The third-order valence-corrected chi connectivity index (χ3v) is 5.07. The lowest BCUT2D eigenvalue weighted by atomic mass is 10.0. The molecule has 0 radical (unpaired) electrons. The van der Waals surface area contributed by atoms with Crippen LogP contribution in [0.2, 0.25) is 0 Å². The number of benzene rings is 2. The standard InChI is InChI=1S/C21H16F3N3O3/c22-16-6-5-12(10-17-13-3-1-2-4-14(13)19(29)26-25-17)9-15(16)18(28)20(30)27-8-7-21(23,24)11-27/h1-6,9H,7-8,10-11H2,(H,26,29). The van der Waals surface area contributed by atoms with E-state index in [2.05, 4.69) is 10.2 Å². The van der Waals surface area contributed by atoms with Gasteiger partial charge in [-0.25, -0.2) is 18.3 Å². The van der Waals surface area contributed by atoms with E-state index >= 15 is 0 Å². The van der Waals surface area contributed by atoms with Crippen molar-refractivity contribution in [2.75, 3.05) is 13.1 Å². The minimum Gasteiger partial charge on any atom is -0.330 e. The van der Waals surface area contributed by atoms with E-state index in [0.29, 0.717) is 22.0 Å². The van der Waals surface area contributed by atoms with Gasteiger partial charge in [0.1, 0.15) is 5.82 Å². The summed E-state index contributed by atoms with van der Waals surface area (Å²) in [5, 5.41) is 7.48. The molecule has 0 unspecified atom stereocenters. The number of likely N-dealkylation sites (tertiary alicyclic amines) is 1. The van der Waals surface area contributed by atoms with Gasteiger partial charge in [-0.05, 0) is 23.8 Å². The number of aromatic amines is 1. The summed E-state index contributed by atoms with van der Waals surface area (Å²) >= 11 is 0. The summed E-state index contributed by atoms with van der Waals surface area (Å²) in [6, 6.07) is 10.5. The topological polar surface area (TPSA) is 83.1 Å². The summed E-state index contributed by atoms with van der Waals surface area (Å²) in [6.07, 6.45) is -0.368. The molecule has 0 saturated carbocycles. The Kier molecular flexibility index (Phi) is 4.89. The first-order valence-corrected chi connectivity index (χ1v) is 9.21. The summed E-state index contributed by atoms with van der Waals surface area (Å²) in [5.41, 5.74) is 0.142. The number of ketones is 1. The van der Waals surface area contributed by atoms with Gasteiger partial charge in [0.05, 0.1) is 23.2 Å². The number of carbonyl (C=O) groups excluding carboxylic acids is 2. The van der Waals surface area contributed by atoms with Gasteiger partial charge >= 0.3 is 0 Å². The van der Waals surface area contributed by atoms with Crippen LogP contribution in [-0.2, 0) is 11.2 Å². The summed E-state index contributed by atoms with van der Waals surface area (Å²) in [6.45, 7) is -1.11. The van der Waals surface area contributed by atoms with Crippen molar-refractivity contribution in [1.29, 1.82) is 0 Å². The highest BCUT2D eigenvalue weighted by atomic mass is 19.3. The zero-order valence-corrected chi connectivity index (χ0v) is 15.6. The number of Topliss-reactive ketones (excluding diaryl/α,β-unsaturated/α-hetero) is 1. The number of nitrogens with one attached hydrogen (secondary N) is 1. The van der Waals surface area contributed by atoms with Crippen molar-refractivity contribution in [3.63, 3.8) is 0 Å². The molecule has 2 heterocycles. The highest BCUT2D eigenvalue weighted by molar-refractivity contribution is 6.42. The molecule has 0 bridgehead atoms. The molecule has 6 nitrogen and oxygen atoms in total. The molecule has 1 N–H and O–H groups in total. The molecule has 4 rings (SSSR count). The zero-order chi connectivity index (χ0) is 21.5. The molecular weight excluding hydrogens is 399 g/mol. The van der Waals surface area contributed by atoms with Crippen LogP contribution >= 0.6 is 0 Å². The molecule has 1 aliphatic heterocycles. The minimum atomic E-state index is -3.05. The average molecular weight is 415 g/mol. The van der Waals surface area contributed by atoms with E-state index in [1.165, 1.54) is 12.1 Å². The Morgan fingerprint density at radius 2 is 1.87 bits per heavy atom. The molecular formula is C21H16F3N3O3. The van der Waals surface area contributed by atoms with Crippen LogP contribution in [0.15, 0.2) is 47.3 Å². The van der Waals surface area contributed by atoms with Crippen molar-refractivity contribution in [3.8, 4) is 0 Å². The molecule has 1 saturated heterocycles. The van der Waals surface area contributed by atoms with E-state index in [1.807, 2.05) is 0 Å². The van der Waals surface area contributed by atoms with Crippen LogP contribution < -0.4 is 5.56 Å². The van der Waals surface area contributed by atoms with Crippen molar-refractivity contribution in [2.45, 2.75) is 18.8 Å². The second kappa shape index (κ2) is 7.40. The summed E-state index contributed by atoms with van der Waals surface area (Å²) < 4.78 is 41.0. The second-order valence-electron chi connectivity index (χ2n) is 7.20. The maximum atomic E-state index is 14.3. The first kappa shape index (κ1) is 19.8. The average Bonchev–Trinajstić information content (AvgIpc) is 3.10. The highest BCUT2D eigenvalue weighted by Gasteiger charge is 2.42. The van der Waals surface area contributed by atoms with Crippen molar-refractivity contribution in [1.82, 2.24) is 15.1 Å². The van der Waals surface area contributed by atoms with E-state index < -0.39 is 42.0 Å². The zero-order valence-electron chi connectivity index (χ0n) is 15.6. The fraction of sp³-hybridized carbons (Fsp3) is 0.238. The lowest BCUT2D eigenvalue weighted by Gasteiger charge is -2.15. The second-order valence-corrected chi connectivity index (χ2v) is 7.20. The Hall–Kier alpha value is -3.49. The predicted octanol–water partition coefficient (Wildman–Crippen LogP) is 2.70. The SMILES string of the molecule is O=C(C(=O)N1CCC(F)(F)C1)c1cc(Cc2n[nH]c(=O)c3ccccc23)ccc1F. The quantitative estimate of drug-likeness (QED) is 0.525. The van der Waals surface area contributed by atoms with Gasteiger partial charge in [0.25, 0.3) is 23.2 Å². The van der Waals surface area contributed by atoms with Crippen LogP contribution in [0, 0.1) is 5.82 Å². The lowest BCUT2D eigenvalue weighted by molar-refractivity contribution is -0.126. The number of nitrogens with zero attached hydrogens (tertiary/aromatic N) is 2. The fourth-order valence-corrected chi connectivity index (χ4v) is 3.52. The normalized spacial score (nSPS) is 15.5. The van der Waals surface area contributed by atoms with E-state index in [0.717, 1.165) is 11.0 Å². The van der Waals surface area contributed by atoms with Crippen LogP contribution in [0.3, 0.4) is 0 Å². The number of hydrogen-bond acceptors (Lipinski definition) is 4. The number of hydrogen-bond donors (Lipinski definition) is 1. The molecule has 9 heteroatoms. The van der Waals surface area contributed by atoms with E-state index in [1.54, 1.807) is 24.3 Å². The van der Waals surface area contributed by atoms with E-state index in [4.69, 9.17) is 0 Å². The molecule has 0 spiro atoms. The Labute approximate surface area is 168 Å². The van der Waals surface area contributed by atoms with Gasteiger partial charge in [0.2, 0.25) is 0 Å². The number of fused-ring (bicyclic) bond motifs is 1. The Bertz CT molecular complexity index is 1220. The van der Waals surface area contributed by atoms with Crippen molar-refractivity contribution >= 4 is 22.5 Å². The van der Waals surface area contributed by atoms with Crippen LogP contribution in [0.25, 0.3) is 10.8 Å². The minimum absolute atomic E-state index is 0.161. The van der Waals surface area contributed by atoms with Crippen LogP contribution in [0.5, 0.6) is 0 Å². The molecule has 1 aromatic heterocycles. The van der Waals surface area contributed by atoms with Gasteiger partial charge in [-0.3, -0.25) is 14.4 Å². The highest BCUT2D eigenvalue weighted by Crippen LogP contribution is 2.27. The Morgan fingerprint density at radius 3 is 2.57 bits per heavy atom. The van der Waals surface area contributed by atoms with Crippen LogP contribution in [0.4, 0.5) is 13.2 Å². The fourth-order valence-electron chi connectivity index (χ4n) is 3.52. The number of H-pyrrole nitrogens is 1. The first-order chi connectivity index (χ1) is 14.2. The smallest absolute Gasteiger partial charge is 0.295 e. The first-order valence-electron chi connectivity index (χ1n) is 9.21. The molecule has 1 amide bonds. The summed E-state index contributed by atoms with van der Waals surface area (Å²) in [7, 11) is 0. The number of alkyl halides is 2. The van der Waals surface area contributed by atoms with Gasteiger partial charge in [0, 0.05) is 24.8 Å². The summed E-state index contributed by atoms with van der Waals surface area (Å²) in [5.74, 6) is -6.29. The van der Waals surface area contributed by atoms with Gasteiger partial charge < -0.3 is 4.90 Å². The van der Waals surface area contributed by atoms with Gasteiger partial charge in [0.15, 0.2) is 0 Å². The van der Waals surface area contributed by atoms with Gasteiger partial charge in [-0.15, -0.1) is 0 Å². The maximum absolute atomic E-state index is 14.3. The number of halogens is 3. The Balaban J connectivity index is 1.63.